The lowest BCUT2D eigenvalue weighted by atomic mass is 9.96. The third kappa shape index (κ3) is 5.03. The average Bonchev–Trinajstić information content (AvgIpc) is 2.73. The highest BCUT2D eigenvalue weighted by molar-refractivity contribution is 5.96. The molecule has 0 aliphatic carbocycles. The standard InChI is InChI=1S/C23H22F2N2O2/c1-14-3-5-16(6-4-14)17-7-18(22(28)11-24)9-19(8-17)23(29)27-15(2)20-10-21(25)13-26-12-20/h3-10,12-13,15,22,28H,11H2,1-2H3,(H,27,29). The molecule has 0 aliphatic heterocycles. The van der Waals surface area contributed by atoms with Crippen molar-refractivity contribution in [3.8, 4) is 11.1 Å². The minimum atomic E-state index is -1.32. The number of hydrogen-bond donors (Lipinski definition) is 2. The first-order valence-corrected chi connectivity index (χ1v) is 9.24. The quantitative estimate of drug-likeness (QED) is 0.635. The molecule has 2 aromatic carbocycles. The molecule has 3 aromatic rings. The molecular formula is C23H22F2N2O2. The van der Waals surface area contributed by atoms with Crippen LogP contribution in [-0.2, 0) is 0 Å². The Balaban J connectivity index is 1.93. The Labute approximate surface area is 168 Å². The minimum Gasteiger partial charge on any atom is -0.386 e. The van der Waals surface area contributed by atoms with Crippen LogP contribution in [0.25, 0.3) is 11.1 Å². The molecule has 0 saturated heterocycles. The van der Waals surface area contributed by atoms with Crippen LogP contribution in [0.4, 0.5) is 8.78 Å². The maximum absolute atomic E-state index is 13.4. The molecule has 2 atom stereocenters. The third-order valence-corrected chi connectivity index (χ3v) is 4.71. The minimum absolute atomic E-state index is 0.279. The largest absolute Gasteiger partial charge is 0.386 e. The summed E-state index contributed by atoms with van der Waals surface area (Å²) in [5.74, 6) is -0.902. The highest BCUT2D eigenvalue weighted by atomic mass is 19.1. The van der Waals surface area contributed by atoms with Gasteiger partial charge in [-0.05, 0) is 60.4 Å². The molecule has 0 aliphatic rings. The molecule has 29 heavy (non-hydrogen) atoms. The number of alkyl halides is 1. The molecule has 0 radical (unpaired) electrons. The Hall–Kier alpha value is -3.12. The average molecular weight is 396 g/mol. The summed E-state index contributed by atoms with van der Waals surface area (Å²) in [7, 11) is 0. The predicted molar refractivity (Wildman–Crippen MR) is 108 cm³/mol. The lowest BCUT2D eigenvalue weighted by molar-refractivity contribution is 0.0939. The Morgan fingerprint density at radius 2 is 1.79 bits per heavy atom. The number of carbonyl (C=O) groups is 1. The second kappa shape index (κ2) is 8.92. The van der Waals surface area contributed by atoms with E-state index in [0.717, 1.165) is 17.3 Å². The first kappa shape index (κ1) is 20.6. The number of aromatic nitrogens is 1. The molecule has 0 saturated carbocycles. The Morgan fingerprint density at radius 1 is 1.07 bits per heavy atom. The zero-order valence-electron chi connectivity index (χ0n) is 16.2. The van der Waals surface area contributed by atoms with Crippen LogP contribution in [0, 0.1) is 12.7 Å². The maximum Gasteiger partial charge on any atom is 0.251 e. The second-order valence-electron chi connectivity index (χ2n) is 7.01. The van der Waals surface area contributed by atoms with Crippen LogP contribution >= 0.6 is 0 Å². The number of hydrogen-bond acceptors (Lipinski definition) is 3. The number of carbonyl (C=O) groups excluding carboxylic acids is 1. The molecule has 0 bridgehead atoms. The van der Waals surface area contributed by atoms with Crippen LogP contribution in [0.15, 0.2) is 60.9 Å². The van der Waals surface area contributed by atoms with Gasteiger partial charge in [0.15, 0.2) is 0 Å². The van der Waals surface area contributed by atoms with Crippen LogP contribution < -0.4 is 5.32 Å². The fourth-order valence-electron chi connectivity index (χ4n) is 3.01. The van der Waals surface area contributed by atoms with Gasteiger partial charge in [0.2, 0.25) is 0 Å². The maximum atomic E-state index is 13.4. The first-order chi connectivity index (χ1) is 13.9. The topological polar surface area (TPSA) is 62.2 Å². The van der Waals surface area contributed by atoms with E-state index in [2.05, 4.69) is 10.3 Å². The van der Waals surface area contributed by atoms with Gasteiger partial charge in [0.1, 0.15) is 18.6 Å². The number of rotatable bonds is 6. The van der Waals surface area contributed by atoms with Gasteiger partial charge in [0.25, 0.3) is 5.91 Å². The number of benzene rings is 2. The Bertz CT molecular complexity index is 1010. The number of aliphatic hydroxyl groups excluding tert-OH is 1. The SMILES string of the molecule is Cc1ccc(-c2cc(C(=O)NC(C)c3cncc(F)c3)cc(C(O)CF)c2)cc1. The van der Waals surface area contributed by atoms with Crippen molar-refractivity contribution >= 4 is 5.91 Å². The summed E-state index contributed by atoms with van der Waals surface area (Å²) in [5.41, 5.74) is 3.75. The number of pyridine rings is 1. The van der Waals surface area contributed by atoms with E-state index in [-0.39, 0.29) is 5.56 Å². The molecule has 4 nitrogen and oxygen atoms in total. The molecule has 0 spiro atoms. The zero-order valence-corrected chi connectivity index (χ0v) is 16.2. The highest BCUT2D eigenvalue weighted by Gasteiger charge is 2.17. The summed E-state index contributed by atoms with van der Waals surface area (Å²) in [6, 6.07) is 13.3. The molecular weight excluding hydrogens is 374 g/mol. The number of aryl methyl sites for hydroxylation is 1. The number of aliphatic hydroxyl groups is 1. The molecule has 1 aromatic heterocycles. The lowest BCUT2D eigenvalue weighted by Gasteiger charge is -2.16. The Kier molecular flexibility index (Phi) is 6.34. The van der Waals surface area contributed by atoms with E-state index in [1.165, 1.54) is 18.3 Å². The number of amides is 1. The molecule has 2 unspecified atom stereocenters. The van der Waals surface area contributed by atoms with Crippen molar-refractivity contribution in [3.05, 3.63) is 89.0 Å². The number of halogens is 2. The van der Waals surface area contributed by atoms with Gasteiger partial charge in [-0.2, -0.15) is 0 Å². The summed E-state index contributed by atoms with van der Waals surface area (Å²) >= 11 is 0. The van der Waals surface area contributed by atoms with Crippen LogP contribution in [0.3, 0.4) is 0 Å². The van der Waals surface area contributed by atoms with Crippen LogP contribution in [0.2, 0.25) is 0 Å². The van der Waals surface area contributed by atoms with E-state index >= 15 is 0 Å². The van der Waals surface area contributed by atoms with Crippen LogP contribution in [0.1, 0.15) is 46.1 Å². The van der Waals surface area contributed by atoms with E-state index in [1.54, 1.807) is 19.1 Å². The van der Waals surface area contributed by atoms with Crippen LogP contribution in [0.5, 0.6) is 0 Å². The van der Waals surface area contributed by atoms with Crippen molar-refractivity contribution < 1.29 is 18.7 Å². The molecule has 1 amide bonds. The van der Waals surface area contributed by atoms with Crippen LogP contribution in [-0.4, -0.2) is 22.7 Å². The summed E-state index contributed by atoms with van der Waals surface area (Å²) in [4.78, 5) is 16.6. The fraction of sp³-hybridized carbons (Fsp3) is 0.217. The van der Waals surface area contributed by atoms with Crippen molar-refractivity contribution in [2.45, 2.75) is 26.0 Å². The third-order valence-electron chi connectivity index (χ3n) is 4.71. The van der Waals surface area contributed by atoms with Gasteiger partial charge < -0.3 is 10.4 Å². The van der Waals surface area contributed by atoms with Crippen molar-refractivity contribution in [2.24, 2.45) is 0 Å². The highest BCUT2D eigenvalue weighted by Crippen LogP contribution is 2.27. The van der Waals surface area contributed by atoms with Gasteiger partial charge in [0, 0.05) is 11.8 Å². The van der Waals surface area contributed by atoms with Gasteiger partial charge in [-0.3, -0.25) is 9.78 Å². The first-order valence-electron chi connectivity index (χ1n) is 9.24. The number of nitrogens with zero attached hydrogens (tertiary/aromatic N) is 1. The zero-order chi connectivity index (χ0) is 21.0. The second-order valence-corrected chi connectivity index (χ2v) is 7.01. The van der Waals surface area contributed by atoms with E-state index in [4.69, 9.17) is 0 Å². The van der Waals surface area contributed by atoms with Gasteiger partial charge in [0.05, 0.1) is 12.2 Å². The molecule has 3 rings (SSSR count). The van der Waals surface area contributed by atoms with Crippen molar-refractivity contribution in [1.29, 1.82) is 0 Å². The van der Waals surface area contributed by atoms with Crippen molar-refractivity contribution in [1.82, 2.24) is 10.3 Å². The lowest BCUT2D eigenvalue weighted by Crippen LogP contribution is -2.27. The Morgan fingerprint density at radius 3 is 2.45 bits per heavy atom. The molecule has 1 heterocycles. The molecule has 0 fully saturated rings. The van der Waals surface area contributed by atoms with Crippen molar-refractivity contribution in [2.75, 3.05) is 6.67 Å². The van der Waals surface area contributed by atoms with E-state index in [9.17, 15) is 18.7 Å². The van der Waals surface area contributed by atoms with E-state index in [0.29, 0.717) is 16.7 Å². The summed E-state index contributed by atoms with van der Waals surface area (Å²) in [5, 5.41) is 12.8. The van der Waals surface area contributed by atoms with Crippen molar-refractivity contribution in [3.63, 3.8) is 0 Å². The monoisotopic (exact) mass is 396 g/mol. The van der Waals surface area contributed by atoms with Gasteiger partial charge in [-0.1, -0.05) is 29.8 Å². The normalized spacial score (nSPS) is 13.0. The summed E-state index contributed by atoms with van der Waals surface area (Å²) in [6.45, 7) is 2.73. The molecule has 2 N–H and O–H groups in total. The predicted octanol–water partition coefficient (Wildman–Crippen LogP) is 4.69. The van der Waals surface area contributed by atoms with E-state index < -0.39 is 30.5 Å². The summed E-state index contributed by atoms with van der Waals surface area (Å²) < 4.78 is 26.5. The fourth-order valence-corrected chi connectivity index (χ4v) is 3.01. The van der Waals surface area contributed by atoms with E-state index in [1.807, 2.05) is 31.2 Å². The van der Waals surface area contributed by atoms with Gasteiger partial charge in [-0.25, -0.2) is 8.78 Å². The number of nitrogens with one attached hydrogen (secondary N) is 1. The van der Waals surface area contributed by atoms with Gasteiger partial charge >= 0.3 is 0 Å². The van der Waals surface area contributed by atoms with Gasteiger partial charge in [-0.15, -0.1) is 0 Å². The molecule has 6 heteroatoms. The smallest absolute Gasteiger partial charge is 0.251 e. The summed E-state index contributed by atoms with van der Waals surface area (Å²) in [6.07, 6.45) is 1.25. The molecule has 150 valence electrons.